The Bertz CT molecular complexity index is 999. The number of alkyl halides is 3. The molecular weight excluding hydrogens is 469 g/mol. The Morgan fingerprint density at radius 2 is 1.59 bits per heavy atom. The first-order chi connectivity index (χ1) is 16.3. The highest BCUT2D eigenvalue weighted by molar-refractivity contribution is 8.13. The summed E-state index contributed by atoms with van der Waals surface area (Å²) in [6.07, 6.45) is -4.37. The normalized spacial score (nSPS) is 13.6. The fraction of sp³-hybridized carbons (Fsp3) is 0.417. The number of ether oxygens (including phenoxy) is 3. The van der Waals surface area contributed by atoms with Gasteiger partial charge in [-0.1, -0.05) is 23.9 Å². The Hall–Kier alpha value is -2.88. The molecule has 2 aromatic rings. The maximum Gasteiger partial charge on any atom is 0.416 e. The Kier molecular flexibility index (Phi) is 8.71. The van der Waals surface area contributed by atoms with Crippen molar-refractivity contribution in [2.75, 3.05) is 32.9 Å². The van der Waals surface area contributed by atoms with Gasteiger partial charge in [-0.2, -0.15) is 13.2 Å². The van der Waals surface area contributed by atoms with Gasteiger partial charge >= 0.3 is 6.18 Å². The van der Waals surface area contributed by atoms with E-state index in [1.54, 1.807) is 17.0 Å². The molecule has 1 aliphatic rings. The molecule has 0 aliphatic carbocycles. The van der Waals surface area contributed by atoms with Crippen molar-refractivity contribution in [3.63, 3.8) is 0 Å². The van der Waals surface area contributed by atoms with Crippen molar-refractivity contribution < 1.29 is 32.2 Å². The third-order valence-electron chi connectivity index (χ3n) is 4.85. The highest BCUT2D eigenvalue weighted by atomic mass is 32.2. The van der Waals surface area contributed by atoms with Gasteiger partial charge in [0.05, 0.1) is 31.9 Å². The standard InChI is InChI=1S/C24H27F3N2O4S/c1-4-31-19-13-17(14-20(32-5-2)21(19)33-6-3)22(30)29-12-11-28-23(29)34-15-16-7-9-18(10-8-16)24(25,26)27/h7-10,13-14H,4-6,11-12,15H2,1-3H3. The summed E-state index contributed by atoms with van der Waals surface area (Å²) in [4.78, 5) is 19.3. The summed E-state index contributed by atoms with van der Waals surface area (Å²) in [6.45, 7) is 7.60. The van der Waals surface area contributed by atoms with Gasteiger partial charge < -0.3 is 14.2 Å². The van der Waals surface area contributed by atoms with Crippen LogP contribution in [-0.2, 0) is 11.9 Å². The molecule has 1 aliphatic heterocycles. The summed E-state index contributed by atoms with van der Waals surface area (Å²) in [7, 11) is 0. The molecule has 0 aromatic heterocycles. The zero-order valence-electron chi connectivity index (χ0n) is 19.3. The smallest absolute Gasteiger partial charge is 0.416 e. The molecule has 3 rings (SSSR count). The zero-order chi connectivity index (χ0) is 24.7. The van der Waals surface area contributed by atoms with E-state index >= 15 is 0 Å². The average molecular weight is 497 g/mol. The molecule has 2 aromatic carbocycles. The maximum absolute atomic E-state index is 13.4. The summed E-state index contributed by atoms with van der Waals surface area (Å²) in [5.41, 5.74) is 0.389. The number of amides is 1. The molecule has 0 fully saturated rings. The van der Waals surface area contributed by atoms with Crippen molar-refractivity contribution in [1.29, 1.82) is 0 Å². The molecule has 34 heavy (non-hydrogen) atoms. The molecule has 1 amide bonds. The van der Waals surface area contributed by atoms with Crippen LogP contribution in [0.5, 0.6) is 17.2 Å². The highest BCUT2D eigenvalue weighted by Gasteiger charge is 2.30. The minimum Gasteiger partial charge on any atom is -0.490 e. The fourth-order valence-electron chi connectivity index (χ4n) is 3.34. The van der Waals surface area contributed by atoms with Crippen LogP contribution < -0.4 is 14.2 Å². The first kappa shape index (κ1) is 25.7. The predicted molar refractivity (Wildman–Crippen MR) is 126 cm³/mol. The molecule has 0 spiro atoms. The average Bonchev–Trinajstić information content (AvgIpc) is 3.28. The molecule has 0 atom stereocenters. The second-order valence-corrected chi connectivity index (χ2v) is 8.15. The van der Waals surface area contributed by atoms with Gasteiger partial charge in [0, 0.05) is 17.9 Å². The van der Waals surface area contributed by atoms with E-state index in [4.69, 9.17) is 14.2 Å². The Morgan fingerprint density at radius 3 is 2.12 bits per heavy atom. The van der Waals surface area contributed by atoms with Gasteiger partial charge in [0.1, 0.15) is 0 Å². The van der Waals surface area contributed by atoms with E-state index in [2.05, 4.69) is 4.99 Å². The summed E-state index contributed by atoms with van der Waals surface area (Å²) in [5, 5.41) is 0.523. The first-order valence-corrected chi connectivity index (χ1v) is 12.0. The van der Waals surface area contributed by atoms with Gasteiger partial charge in [-0.25, -0.2) is 0 Å². The van der Waals surface area contributed by atoms with E-state index in [0.717, 1.165) is 12.1 Å². The second kappa shape index (κ2) is 11.5. The number of hydrogen-bond donors (Lipinski definition) is 0. The third-order valence-corrected chi connectivity index (χ3v) is 5.94. The lowest BCUT2D eigenvalue weighted by molar-refractivity contribution is -0.137. The lowest BCUT2D eigenvalue weighted by Crippen LogP contribution is -2.33. The number of carbonyl (C=O) groups excluding carboxylic acids is 1. The molecule has 0 saturated heterocycles. The van der Waals surface area contributed by atoms with Crippen molar-refractivity contribution in [3.8, 4) is 17.2 Å². The lowest BCUT2D eigenvalue weighted by atomic mass is 10.1. The molecule has 0 radical (unpaired) electrons. The zero-order valence-corrected chi connectivity index (χ0v) is 20.1. The van der Waals surface area contributed by atoms with Crippen LogP contribution in [0.25, 0.3) is 0 Å². The number of aliphatic imine (C=N–C) groups is 1. The van der Waals surface area contributed by atoms with Crippen LogP contribution in [0.3, 0.4) is 0 Å². The van der Waals surface area contributed by atoms with Gasteiger partial charge in [0.2, 0.25) is 5.75 Å². The largest absolute Gasteiger partial charge is 0.490 e. The first-order valence-electron chi connectivity index (χ1n) is 11.0. The molecule has 0 unspecified atom stereocenters. The second-order valence-electron chi connectivity index (χ2n) is 7.21. The topological polar surface area (TPSA) is 60.4 Å². The molecule has 1 heterocycles. The summed E-state index contributed by atoms with van der Waals surface area (Å²) in [6, 6.07) is 8.25. The molecule has 184 valence electrons. The Labute approximate surface area is 201 Å². The number of carbonyl (C=O) groups is 1. The van der Waals surface area contributed by atoms with E-state index in [1.807, 2.05) is 20.8 Å². The molecule has 6 nitrogen and oxygen atoms in total. The predicted octanol–water partition coefficient (Wildman–Crippen LogP) is 5.65. The van der Waals surface area contributed by atoms with Crippen LogP contribution in [0.15, 0.2) is 41.4 Å². The minimum absolute atomic E-state index is 0.263. The number of halogens is 3. The van der Waals surface area contributed by atoms with Crippen LogP contribution in [-0.4, -0.2) is 48.9 Å². The minimum atomic E-state index is -4.37. The van der Waals surface area contributed by atoms with E-state index in [9.17, 15) is 18.0 Å². The van der Waals surface area contributed by atoms with Gasteiger partial charge in [-0.05, 0) is 50.6 Å². The maximum atomic E-state index is 13.4. The van der Waals surface area contributed by atoms with Crippen LogP contribution in [0, 0.1) is 0 Å². The molecule has 10 heteroatoms. The Morgan fingerprint density at radius 1 is 1.00 bits per heavy atom. The van der Waals surface area contributed by atoms with E-state index < -0.39 is 11.7 Å². The molecule has 0 saturated carbocycles. The number of benzene rings is 2. The van der Waals surface area contributed by atoms with Crippen molar-refractivity contribution in [1.82, 2.24) is 4.90 Å². The van der Waals surface area contributed by atoms with Gasteiger partial charge in [0.15, 0.2) is 16.7 Å². The quantitative estimate of drug-likeness (QED) is 0.449. The van der Waals surface area contributed by atoms with Crippen LogP contribution in [0.4, 0.5) is 13.2 Å². The lowest BCUT2D eigenvalue weighted by Gasteiger charge is -2.21. The third kappa shape index (κ3) is 6.16. The molecule has 0 bridgehead atoms. The van der Waals surface area contributed by atoms with Crippen molar-refractivity contribution in [2.45, 2.75) is 32.7 Å². The highest BCUT2D eigenvalue weighted by Crippen LogP contribution is 2.40. The van der Waals surface area contributed by atoms with Crippen LogP contribution in [0.2, 0.25) is 0 Å². The van der Waals surface area contributed by atoms with Crippen molar-refractivity contribution >= 4 is 22.8 Å². The van der Waals surface area contributed by atoms with Gasteiger partial charge in [-0.15, -0.1) is 0 Å². The number of hydrogen-bond acceptors (Lipinski definition) is 6. The van der Waals surface area contributed by atoms with E-state index in [1.165, 1.54) is 23.9 Å². The fourth-order valence-corrected chi connectivity index (χ4v) is 4.35. The monoisotopic (exact) mass is 496 g/mol. The number of thioether (sulfide) groups is 1. The summed E-state index contributed by atoms with van der Waals surface area (Å²) in [5.74, 6) is 1.43. The number of nitrogens with zero attached hydrogens (tertiary/aromatic N) is 2. The summed E-state index contributed by atoms with van der Waals surface area (Å²) < 4.78 is 55.4. The van der Waals surface area contributed by atoms with Crippen LogP contribution >= 0.6 is 11.8 Å². The van der Waals surface area contributed by atoms with E-state index in [-0.39, 0.29) is 5.91 Å². The van der Waals surface area contributed by atoms with Gasteiger partial charge in [-0.3, -0.25) is 14.7 Å². The Balaban J connectivity index is 1.77. The number of rotatable bonds is 9. The summed E-state index contributed by atoms with van der Waals surface area (Å²) >= 11 is 1.31. The molecule has 0 N–H and O–H groups in total. The molecular formula is C24H27F3N2O4S. The SMILES string of the molecule is CCOc1cc(C(=O)N2CCN=C2SCc2ccc(C(F)(F)F)cc2)cc(OCC)c1OCC. The number of amidine groups is 1. The van der Waals surface area contributed by atoms with Crippen molar-refractivity contribution in [2.24, 2.45) is 4.99 Å². The van der Waals surface area contributed by atoms with Crippen molar-refractivity contribution in [3.05, 3.63) is 53.1 Å². The van der Waals surface area contributed by atoms with E-state index in [0.29, 0.717) is 72.2 Å². The van der Waals surface area contributed by atoms with Crippen LogP contribution in [0.1, 0.15) is 42.3 Å². The van der Waals surface area contributed by atoms with Gasteiger partial charge in [0.25, 0.3) is 5.91 Å².